The zero-order valence-corrected chi connectivity index (χ0v) is 17.7. The van der Waals surface area contributed by atoms with Crippen LogP contribution in [0.2, 0.25) is 0 Å². The van der Waals surface area contributed by atoms with Crippen molar-refractivity contribution in [1.82, 2.24) is 0 Å². The van der Waals surface area contributed by atoms with Crippen LogP contribution < -0.4 is 14.5 Å². The maximum Gasteiger partial charge on any atom is 0.292 e. The van der Waals surface area contributed by atoms with Gasteiger partial charge in [-0.2, -0.15) is 0 Å². The Balaban J connectivity index is 1.36. The van der Waals surface area contributed by atoms with Crippen LogP contribution in [0.15, 0.2) is 24.3 Å². The van der Waals surface area contributed by atoms with E-state index < -0.39 is 0 Å². The van der Waals surface area contributed by atoms with Crippen LogP contribution in [0, 0.1) is 11.8 Å². The summed E-state index contributed by atoms with van der Waals surface area (Å²) in [6, 6.07) is 7.15. The Morgan fingerprint density at radius 3 is 2.28 bits per heavy atom. The van der Waals surface area contributed by atoms with Crippen LogP contribution in [0.4, 0.5) is 5.69 Å². The molecule has 1 saturated carbocycles. The monoisotopic (exact) mass is 399 g/mol. The maximum atomic E-state index is 13.1. The number of carbonyl (C=O) groups is 2. The molecule has 0 unspecified atom stereocenters. The van der Waals surface area contributed by atoms with Gasteiger partial charge < -0.3 is 9.64 Å². The van der Waals surface area contributed by atoms with Gasteiger partial charge in [0.15, 0.2) is 6.04 Å². The van der Waals surface area contributed by atoms with E-state index in [2.05, 4.69) is 6.92 Å². The number of benzene rings is 1. The number of ether oxygens (including phenoxy) is 1. The number of piperidine rings is 1. The number of nitrogens with one attached hydrogen (secondary N) is 1. The topological polar surface area (TPSA) is 51.0 Å². The van der Waals surface area contributed by atoms with Gasteiger partial charge in [0, 0.05) is 0 Å². The second-order valence-electron chi connectivity index (χ2n) is 9.06. The van der Waals surface area contributed by atoms with Crippen LogP contribution in [0.25, 0.3) is 0 Å². The first-order valence-electron chi connectivity index (χ1n) is 11.6. The molecule has 1 N–H and O–H groups in total. The number of hydrogen-bond acceptors (Lipinski definition) is 3. The lowest BCUT2D eigenvalue weighted by atomic mass is 9.75. The largest absolute Gasteiger partial charge is 0.494 e. The van der Waals surface area contributed by atoms with Crippen molar-refractivity contribution < 1.29 is 19.2 Å². The second-order valence-corrected chi connectivity index (χ2v) is 9.06. The third kappa shape index (κ3) is 4.50. The van der Waals surface area contributed by atoms with Crippen molar-refractivity contribution >= 4 is 17.5 Å². The van der Waals surface area contributed by atoms with Gasteiger partial charge in [-0.1, -0.05) is 39.0 Å². The fourth-order valence-corrected chi connectivity index (χ4v) is 5.57. The van der Waals surface area contributed by atoms with Gasteiger partial charge in [-0.25, -0.2) is 4.90 Å². The Labute approximate surface area is 174 Å². The number of imide groups is 1. The third-order valence-corrected chi connectivity index (χ3v) is 7.20. The van der Waals surface area contributed by atoms with E-state index in [0.717, 1.165) is 37.1 Å². The van der Waals surface area contributed by atoms with Crippen molar-refractivity contribution in [3.8, 4) is 5.75 Å². The molecule has 1 aliphatic carbocycles. The van der Waals surface area contributed by atoms with Crippen molar-refractivity contribution in [3.63, 3.8) is 0 Å². The first-order chi connectivity index (χ1) is 14.2. The Morgan fingerprint density at radius 1 is 0.966 bits per heavy atom. The Kier molecular flexibility index (Phi) is 6.53. The molecule has 5 nitrogen and oxygen atoms in total. The summed E-state index contributed by atoms with van der Waals surface area (Å²) < 4.78 is 5.61. The van der Waals surface area contributed by atoms with Gasteiger partial charge in [0.2, 0.25) is 5.91 Å². The van der Waals surface area contributed by atoms with Crippen molar-refractivity contribution in [1.29, 1.82) is 0 Å². The normalized spacial score (nSPS) is 28.7. The molecule has 1 aromatic carbocycles. The molecular weight excluding hydrogens is 364 g/mol. The van der Waals surface area contributed by atoms with E-state index in [0.29, 0.717) is 18.7 Å². The molecule has 158 valence electrons. The first-order valence-corrected chi connectivity index (χ1v) is 11.6. The van der Waals surface area contributed by atoms with E-state index in [1.165, 1.54) is 54.7 Å². The van der Waals surface area contributed by atoms with Crippen molar-refractivity contribution in [2.75, 3.05) is 24.6 Å². The van der Waals surface area contributed by atoms with Crippen LogP contribution >= 0.6 is 0 Å². The molecule has 3 fully saturated rings. The fraction of sp³-hybridized carbons (Fsp3) is 0.667. The minimum Gasteiger partial charge on any atom is -0.494 e. The highest BCUT2D eigenvalue weighted by atomic mass is 16.5. The van der Waals surface area contributed by atoms with Crippen LogP contribution in [-0.4, -0.2) is 37.6 Å². The molecule has 0 bridgehead atoms. The number of carbonyl (C=O) groups excluding carboxylic acids is 2. The zero-order chi connectivity index (χ0) is 20.2. The number of hydrogen-bond donors (Lipinski definition) is 1. The zero-order valence-electron chi connectivity index (χ0n) is 17.7. The summed E-state index contributed by atoms with van der Waals surface area (Å²) >= 11 is 0. The number of nitrogens with zero attached hydrogens (tertiary/aromatic N) is 1. The number of amides is 2. The predicted octanol–water partition coefficient (Wildman–Crippen LogP) is 2.98. The van der Waals surface area contributed by atoms with Gasteiger partial charge in [0.25, 0.3) is 5.91 Å². The second kappa shape index (κ2) is 9.29. The molecule has 0 aromatic heterocycles. The molecule has 2 amide bonds. The highest BCUT2D eigenvalue weighted by Crippen LogP contribution is 2.34. The highest BCUT2D eigenvalue weighted by molar-refractivity contribution is 6.21. The molecule has 1 atom stereocenters. The summed E-state index contributed by atoms with van der Waals surface area (Å²) in [5.74, 6) is 2.42. The van der Waals surface area contributed by atoms with E-state index in [-0.39, 0.29) is 17.9 Å². The highest BCUT2D eigenvalue weighted by Gasteiger charge is 2.46. The molecule has 2 saturated heterocycles. The number of quaternary nitrogens is 1. The summed E-state index contributed by atoms with van der Waals surface area (Å²) in [5, 5.41) is 0. The lowest BCUT2D eigenvalue weighted by Gasteiger charge is -2.37. The molecule has 1 aromatic rings. The molecule has 2 heterocycles. The third-order valence-electron chi connectivity index (χ3n) is 7.20. The molecular formula is C24H35N2O3+. The lowest BCUT2D eigenvalue weighted by molar-refractivity contribution is -0.921. The van der Waals surface area contributed by atoms with Crippen LogP contribution in [0.1, 0.15) is 64.7 Å². The minimum absolute atomic E-state index is 0.0247. The van der Waals surface area contributed by atoms with E-state index in [1.807, 2.05) is 24.3 Å². The minimum atomic E-state index is -0.203. The average Bonchev–Trinajstić information content (AvgIpc) is 3.07. The van der Waals surface area contributed by atoms with Crippen LogP contribution in [0.5, 0.6) is 5.75 Å². The summed E-state index contributed by atoms with van der Waals surface area (Å²) in [5.41, 5.74) is 0.669. The van der Waals surface area contributed by atoms with E-state index >= 15 is 0 Å². The van der Waals surface area contributed by atoms with Gasteiger partial charge >= 0.3 is 0 Å². The number of rotatable bonds is 6. The molecule has 0 radical (unpaired) electrons. The Morgan fingerprint density at radius 2 is 1.62 bits per heavy atom. The molecule has 5 heteroatoms. The maximum absolute atomic E-state index is 13.1. The standard InChI is InChI=1S/C24H34N2O3/c1-2-16-29-21-10-8-20(9-11-21)26-23(27)17-22(24(26)28)25-14-12-19(13-15-25)18-6-4-3-5-7-18/h8-11,18-19,22H,2-7,12-17H2,1H3/p+1/t22-/m1/s1. The SMILES string of the molecule is CCCOc1ccc(N2C(=O)C[C@@H]([NH+]3CCC(C4CCCCC4)CC3)C2=O)cc1. The van der Waals surface area contributed by atoms with Crippen molar-refractivity contribution in [2.45, 2.75) is 70.8 Å². The molecule has 4 rings (SSSR count). The molecule has 0 spiro atoms. The smallest absolute Gasteiger partial charge is 0.292 e. The summed E-state index contributed by atoms with van der Waals surface area (Å²) in [7, 11) is 0. The number of likely N-dealkylation sites (tertiary alicyclic amines) is 1. The molecule has 29 heavy (non-hydrogen) atoms. The average molecular weight is 400 g/mol. The van der Waals surface area contributed by atoms with Gasteiger partial charge in [0.1, 0.15) is 5.75 Å². The molecule has 3 aliphatic rings. The Bertz CT molecular complexity index is 703. The predicted molar refractivity (Wildman–Crippen MR) is 113 cm³/mol. The summed E-state index contributed by atoms with van der Waals surface area (Å²) in [6.45, 7) is 4.80. The van der Waals surface area contributed by atoms with Gasteiger partial charge in [-0.3, -0.25) is 9.59 Å². The van der Waals surface area contributed by atoms with Gasteiger partial charge in [-0.15, -0.1) is 0 Å². The fourth-order valence-electron chi connectivity index (χ4n) is 5.57. The van der Waals surface area contributed by atoms with Crippen LogP contribution in [0.3, 0.4) is 0 Å². The van der Waals surface area contributed by atoms with Gasteiger partial charge in [-0.05, 0) is 55.4 Å². The lowest BCUT2D eigenvalue weighted by Crippen LogP contribution is -3.17. The quantitative estimate of drug-likeness (QED) is 0.748. The Hall–Kier alpha value is -1.88. The van der Waals surface area contributed by atoms with E-state index in [1.54, 1.807) is 0 Å². The van der Waals surface area contributed by atoms with E-state index in [9.17, 15) is 9.59 Å². The van der Waals surface area contributed by atoms with E-state index in [4.69, 9.17) is 4.74 Å². The molecule has 2 aliphatic heterocycles. The summed E-state index contributed by atoms with van der Waals surface area (Å²) in [6.07, 6.45) is 10.7. The first kappa shape index (κ1) is 20.4. The number of anilines is 1. The van der Waals surface area contributed by atoms with Gasteiger partial charge in [0.05, 0.1) is 31.8 Å². The van der Waals surface area contributed by atoms with Crippen molar-refractivity contribution in [2.24, 2.45) is 11.8 Å². The van der Waals surface area contributed by atoms with Crippen molar-refractivity contribution in [3.05, 3.63) is 24.3 Å². The van der Waals surface area contributed by atoms with Crippen LogP contribution in [-0.2, 0) is 9.59 Å². The summed E-state index contributed by atoms with van der Waals surface area (Å²) in [4.78, 5) is 28.5.